The number of fused-ring (bicyclic) bond motifs is 1. The van der Waals surface area contributed by atoms with Gasteiger partial charge in [0.15, 0.2) is 0 Å². The second-order valence-electron chi connectivity index (χ2n) is 8.43. The lowest BCUT2D eigenvalue weighted by Crippen LogP contribution is -2.44. The molecule has 1 heterocycles. The van der Waals surface area contributed by atoms with Crippen LogP contribution in [0.25, 0.3) is 11.0 Å². The van der Waals surface area contributed by atoms with Crippen molar-refractivity contribution in [3.05, 3.63) is 94.8 Å². The third kappa shape index (κ3) is 4.66. The van der Waals surface area contributed by atoms with Crippen LogP contribution in [0.2, 0.25) is 5.02 Å². The minimum Gasteiger partial charge on any atom is -0.497 e. The standard InChI is InChI=1S/C26H25ClN4O2/c1-33-20-11-9-17(10-12-20)15-23(24-28-21-7-2-3-8-22(21)29-24)30-25(32)31-26(13-14-26)18-5-4-6-19(27)16-18/h2-12,16,23H,13-15H2,1H3,(H,28,29)(H2,30,31,32). The molecule has 1 aliphatic carbocycles. The van der Waals surface area contributed by atoms with E-state index >= 15 is 0 Å². The molecule has 1 atom stereocenters. The SMILES string of the molecule is COc1ccc(CC(NC(=O)NC2(c3cccc(Cl)c3)CC2)c2nc3ccccc3[nH]2)cc1. The molecule has 4 aromatic rings. The first kappa shape index (κ1) is 21.3. The summed E-state index contributed by atoms with van der Waals surface area (Å²) < 4.78 is 5.27. The number of halogens is 1. The second-order valence-corrected chi connectivity index (χ2v) is 8.87. The van der Waals surface area contributed by atoms with Gasteiger partial charge in [-0.15, -0.1) is 0 Å². The van der Waals surface area contributed by atoms with E-state index in [0.717, 1.165) is 46.6 Å². The maximum atomic E-state index is 13.1. The summed E-state index contributed by atoms with van der Waals surface area (Å²) >= 11 is 6.18. The Morgan fingerprint density at radius 1 is 1.12 bits per heavy atom. The molecule has 1 aliphatic rings. The molecule has 0 bridgehead atoms. The van der Waals surface area contributed by atoms with Crippen LogP contribution in [0.1, 0.15) is 35.8 Å². The van der Waals surface area contributed by atoms with Crippen LogP contribution in [0.15, 0.2) is 72.8 Å². The second kappa shape index (κ2) is 8.79. The molecule has 0 spiro atoms. The molecule has 1 fully saturated rings. The third-order valence-electron chi connectivity index (χ3n) is 6.12. The fourth-order valence-corrected chi connectivity index (χ4v) is 4.35. The summed E-state index contributed by atoms with van der Waals surface area (Å²) in [6, 6.07) is 22.8. The fourth-order valence-electron chi connectivity index (χ4n) is 4.16. The average Bonchev–Trinajstić information content (AvgIpc) is 3.47. The van der Waals surface area contributed by atoms with Crippen molar-refractivity contribution < 1.29 is 9.53 Å². The number of ether oxygens (including phenoxy) is 1. The molecular formula is C26H25ClN4O2. The number of nitrogens with one attached hydrogen (secondary N) is 3. The Labute approximate surface area is 197 Å². The number of amides is 2. The van der Waals surface area contributed by atoms with E-state index in [0.29, 0.717) is 11.4 Å². The van der Waals surface area contributed by atoms with Gasteiger partial charge in [0.1, 0.15) is 11.6 Å². The van der Waals surface area contributed by atoms with Crippen LogP contribution in [-0.4, -0.2) is 23.1 Å². The van der Waals surface area contributed by atoms with Gasteiger partial charge >= 0.3 is 6.03 Å². The monoisotopic (exact) mass is 460 g/mol. The van der Waals surface area contributed by atoms with Crippen LogP contribution in [0.4, 0.5) is 4.79 Å². The summed E-state index contributed by atoms with van der Waals surface area (Å²) in [5.41, 5.74) is 3.53. The molecule has 3 aromatic carbocycles. The summed E-state index contributed by atoms with van der Waals surface area (Å²) in [5.74, 6) is 1.51. The zero-order valence-corrected chi connectivity index (χ0v) is 19.0. The Morgan fingerprint density at radius 2 is 1.91 bits per heavy atom. The molecule has 6 nitrogen and oxygen atoms in total. The first-order valence-electron chi connectivity index (χ1n) is 11.0. The number of aromatic nitrogens is 2. The lowest BCUT2D eigenvalue weighted by atomic mass is 10.0. The number of para-hydroxylation sites is 2. The Kier molecular flexibility index (Phi) is 5.68. The van der Waals surface area contributed by atoms with E-state index in [1.54, 1.807) is 7.11 Å². The molecule has 168 valence electrons. The number of rotatable bonds is 7. The lowest BCUT2D eigenvalue weighted by Gasteiger charge is -2.22. The third-order valence-corrected chi connectivity index (χ3v) is 6.36. The van der Waals surface area contributed by atoms with Crippen LogP contribution in [-0.2, 0) is 12.0 Å². The Hall–Kier alpha value is -3.51. The maximum absolute atomic E-state index is 13.1. The molecule has 1 unspecified atom stereocenters. The smallest absolute Gasteiger partial charge is 0.316 e. The molecular weight excluding hydrogens is 436 g/mol. The van der Waals surface area contributed by atoms with Crippen LogP contribution in [0, 0.1) is 0 Å². The van der Waals surface area contributed by atoms with E-state index in [-0.39, 0.29) is 17.6 Å². The Morgan fingerprint density at radius 3 is 2.61 bits per heavy atom. The van der Waals surface area contributed by atoms with Gasteiger partial charge in [-0.25, -0.2) is 9.78 Å². The molecule has 2 amide bonds. The zero-order valence-electron chi connectivity index (χ0n) is 18.3. The molecule has 0 aliphatic heterocycles. The lowest BCUT2D eigenvalue weighted by molar-refractivity contribution is 0.231. The van der Waals surface area contributed by atoms with Gasteiger partial charge in [-0.2, -0.15) is 0 Å². The number of hydrogen-bond donors (Lipinski definition) is 3. The van der Waals surface area contributed by atoms with E-state index in [1.165, 1.54) is 0 Å². The summed E-state index contributed by atoms with van der Waals surface area (Å²) in [6.07, 6.45) is 2.35. The first-order chi connectivity index (χ1) is 16.0. The number of methoxy groups -OCH3 is 1. The van der Waals surface area contributed by atoms with Crippen molar-refractivity contribution in [1.82, 2.24) is 20.6 Å². The highest BCUT2D eigenvalue weighted by Gasteiger charge is 2.46. The van der Waals surface area contributed by atoms with Gasteiger partial charge < -0.3 is 20.4 Å². The Bertz CT molecular complexity index is 1250. The summed E-state index contributed by atoms with van der Waals surface area (Å²) in [6.45, 7) is 0. The molecule has 1 saturated carbocycles. The van der Waals surface area contributed by atoms with Crippen molar-refractivity contribution >= 4 is 28.7 Å². The number of aromatic amines is 1. The summed E-state index contributed by atoms with van der Waals surface area (Å²) in [7, 11) is 1.64. The van der Waals surface area contributed by atoms with Gasteiger partial charge in [-0.1, -0.05) is 48.0 Å². The van der Waals surface area contributed by atoms with Crippen LogP contribution in [0.5, 0.6) is 5.75 Å². The maximum Gasteiger partial charge on any atom is 0.316 e. The van der Waals surface area contributed by atoms with E-state index < -0.39 is 0 Å². The largest absolute Gasteiger partial charge is 0.497 e. The number of benzene rings is 3. The molecule has 5 rings (SSSR count). The highest BCUT2D eigenvalue weighted by molar-refractivity contribution is 6.30. The normalized spacial score (nSPS) is 15.1. The minimum atomic E-state index is -0.368. The number of nitrogens with zero attached hydrogens (tertiary/aromatic N) is 1. The number of hydrogen-bond acceptors (Lipinski definition) is 3. The van der Waals surface area contributed by atoms with Gasteiger partial charge in [0.2, 0.25) is 0 Å². The van der Waals surface area contributed by atoms with Crippen molar-refractivity contribution in [1.29, 1.82) is 0 Å². The minimum absolute atomic E-state index is 0.230. The predicted molar refractivity (Wildman–Crippen MR) is 130 cm³/mol. The molecule has 1 aromatic heterocycles. The molecule has 0 saturated heterocycles. The van der Waals surface area contributed by atoms with Crippen LogP contribution >= 0.6 is 11.6 Å². The van der Waals surface area contributed by atoms with Crippen molar-refractivity contribution in [3.8, 4) is 5.75 Å². The van der Waals surface area contributed by atoms with E-state index in [9.17, 15) is 4.79 Å². The number of imidazole rings is 1. The fraction of sp³-hybridized carbons (Fsp3) is 0.231. The molecule has 3 N–H and O–H groups in total. The van der Waals surface area contributed by atoms with Crippen LogP contribution < -0.4 is 15.4 Å². The van der Waals surface area contributed by atoms with E-state index in [2.05, 4.69) is 15.6 Å². The van der Waals surface area contributed by atoms with Crippen molar-refractivity contribution in [2.75, 3.05) is 7.11 Å². The highest BCUT2D eigenvalue weighted by Crippen LogP contribution is 2.46. The van der Waals surface area contributed by atoms with Gasteiger partial charge in [-0.05, 0) is 66.8 Å². The topological polar surface area (TPSA) is 79.0 Å². The zero-order chi connectivity index (χ0) is 22.8. The molecule has 33 heavy (non-hydrogen) atoms. The van der Waals surface area contributed by atoms with Gasteiger partial charge in [0.25, 0.3) is 0 Å². The van der Waals surface area contributed by atoms with Gasteiger partial charge in [0, 0.05) is 5.02 Å². The quantitative estimate of drug-likeness (QED) is 0.341. The van der Waals surface area contributed by atoms with Crippen molar-refractivity contribution in [2.45, 2.75) is 30.8 Å². The average molecular weight is 461 g/mol. The Balaban J connectivity index is 1.38. The molecule has 0 radical (unpaired) electrons. The van der Waals surface area contributed by atoms with Gasteiger partial charge in [0.05, 0.1) is 29.7 Å². The van der Waals surface area contributed by atoms with Crippen molar-refractivity contribution in [2.24, 2.45) is 0 Å². The summed E-state index contributed by atoms with van der Waals surface area (Å²) in [4.78, 5) is 21.2. The number of urea groups is 1. The summed E-state index contributed by atoms with van der Waals surface area (Å²) in [5, 5.41) is 6.99. The van der Waals surface area contributed by atoms with Gasteiger partial charge in [-0.3, -0.25) is 0 Å². The van der Waals surface area contributed by atoms with E-state index in [4.69, 9.17) is 21.3 Å². The predicted octanol–water partition coefficient (Wildman–Crippen LogP) is 5.50. The first-order valence-corrected chi connectivity index (χ1v) is 11.3. The number of H-pyrrole nitrogens is 1. The van der Waals surface area contributed by atoms with E-state index in [1.807, 2.05) is 72.8 Å². The van der Waals surface area contributed by atoms with Crippen molar-refractivity contribution in [3.63, 3.8) is 0 Å². The number of carbonyl (C=O) groups excluding carboxylic acids is 1. The highest BCUT2D eigenvalue weighted by atomic mass is 35.5. The van der Waals surface area contributed by atoms with Crippen LogP contribution in [0.3, 0.4) is 0 Å². The number of carbonyl (C=O) groups is 1. The molecule has 7 heteroatoms.